The fourth-order valence-corrected chi connectivity index (χ4v) is 4.39. The second-order valence-corrected chi connectivity index (χ2v) is 8.99. The van der Waals surface area contributed by atoms with Gasteiger partial charge in [-0.3, -0.25) is 4.79 Å². The van der Waals surface area contributed by atoms with Gasteiger partial charge in [0.15, 0.2) is 5.78 Å². The average Bonchev–Trinajstić information content (AvgIpc) is 2.41. The fourth-order valence-electron chi connectivity index (χ4n) is 3.12. The molecule has 0 bridgehead atoms. The Hall–Kier alpha value is -0.150. The van der Waals surface area contributed by atoms with Crippen molar-refractivity contribution < 1.29 is 4.79 Å². The molecule has 126 valence electrons. The quantitative estimate of drug-likeness (QED) is 0.396. The predicted molar refractivity (Wildman–Crippen MR) is 104 cm³/mol. The molecular formula is C19H32OS2. The van der Waals surface area contributed by atoms with Crippen molar-refractivity contribution in [2.45, 2.75) is 71.5 Å². The van der Waals surface area contributed by atoms with Crippen molar-refractivity contribution in [3.63, 3.8) is 0 Å². The summed E-state index contributed by atoms with van der Waals surface area (Å²) in [6.07, 6.45) is 11.0. The van der Waals surface area contributed by atoms with Gasteiger partial charge in [-0.2, -0.15) is 24.4 Å². The van der Waals surface area contributed by atoms with E-state index in [1.165, 1.54) is 31.4 Å². The lowest BCUT2D eigenvalue weighted by Gasteiger charge is -2.31. The SMILES string of the molecule is CC1=C(C(=O)CC(C)SCCCCCCS)C(C)(C)CC=C1. The van der Waals surface area contributed by atoms with Gasteiger partial charge in [-0.05, 0) is 48.7 Å². The molecule has 0 saturated carbocycles. The molecule has 0 amide bonds. The van der Waals surface area contributed by atoms with Crippen molar-refractivity contribution in [1.29, 1.82) is 0 Å². The highest BCUT2D eigenvalue weighted by molar-refractivity contribution is 7.99. The third-order valence-corrected chi connectivity index (χ3v) is 5.85. The van der Waals surface area contributed by atoms with E-state index in [9.17, 15) is 4.79 Å². The van der Waals surface area contributed by atoms with Crippen LogP contribution in [0.1, 0.15) is 66.2 Å². The van der Waals surface area contributed by atoms with E-state index in [1.807, 2.05) is 11.8 Å². The van der Waals surface area contributed by atoms with Crippen LogP contribution >= 0.6 is 24.4 Å². The van der Waals surface area contributed by atoms with Gasteiger partial charge in [0.05, 0.1) is 0 Å². The molecule has 0 fully saturated rings. The van der Waals surface area contributed by atoms with Crippen LogP contribution in [0.2, 0.25) is 0 Å². The number of allylic oxidation sites excluding steroid dienone is 4. The van der Waals surface area contributed by atoms with Crippen molar-refractivity contribution in [2.75, 3.05) is 11.5 Å². The maximum Gasteiger partial charge on any atom is 0.160 e. The van der Waals surface area contributed by atoms with E-state index in [1.54, 1.807) is 0 Å². The van der Waals surface area contributed by atoms with Crippen molar-refractivity contribution in [3.8, 4) is 0 Å². The number of Topliss-reactive ketones (excluding diaryl/α,β-unsaturated/α-hetero) is 1. The van der Waals surface area contributed by atoms with Crippen LogP contribution in [-0.2, 0) is 4.79 Å². The maximum absolute atomic E-state index is 12.7. The molecule has 1 rings (SSSR count). The molecule has 3 heteroatoms. The topological polar surface area (TPSA) is 17.1 Å². The Morgan fingerprint density at radius 1 is 1.32 bits per heavy atom. The number of rotatable bonds is 10. The number of hydrogen-bond acceptors (Lipinski definition) is 3. The van der Waals surface area contributed by atoms with E-state index >= 15 is 0 Å². The van der Waals surface area contributed by atoms with Gasteiger partial charge in [0.2, 0.25) is 0 Å². The van der Waals surface area contributed by atoms with E-state index in [0.29, 0.717) is 17.5 Å². The van der Waals surface area contributed by atoms with E-state index in [2.05, 4.69) is 52.5 Å². The summed E-state index contributed by atoms with van der Waals surface area (Å²) in [4.78, 5) is 12.7. The highest BCUT2D eigenvalue weighted by Gasteiger charge is 2.31. The van der Waals surface area contributed by atoms with E-state index < -0.39 is 0 Å². The van der Waals surface area contributed by atoms with Crippen LogP contribution in [-0.4, -0.2) is 22.5 Å². The van der Waals surface area contributed by atoms with E-state index in [0.717, 1.165) is 23.3 Å². The molecule has 1 nitrogen and oxygen atoms in total. The Morgan fingerprint density at radius 3 is 2.64 bits per heavy atom. The van der Waals surface area contributed by atoms with Gasteiger partial charge in [-0.1, -0.05) is 45.8 Å². The number of thioether (sulfide) groups is 1. The van der Waals surface area contributed by atoms with Crippen LogP contribution in [0.15, 0.2) is 23.3 Å². The molecule has 0 N–H and O–H groups in total. The zero-order valence-electron chi connectivity index (χ0n) is 14.7. The Bertz CT molecular complexity index is 421. The molecule has 1 atom stereocenters. The first kappa shape index (κ1) is 19.9. The van der Waals surface area contributed by atoms with Crippen LogP contribution < -0.4 is 0 Å². The van der Waals surface area contributed by atoms with Crippen LogP contribution in [0.3, 0.4) is 0 Å². The normalized spacial score (nSPS) is 18.6. The lowest BCUT2D eigenvalue weighted by atomic mass is 9.73. The lowest BCUT2D eigenvalue weighted by Crippen LogP contribution is -2.25. The molecule has 0 saturated heterocycles. The molecule has 1 unspecified atom stereocenters. The lowest BCUT2D eigenvalue weighted by molar-refractivity contribution is -0.116. The number of carbonyl (C=O) groups is 1. The van der Waals surface area contributed by atoms with Gasteiger partial charge in [0.25, 0.3) is 0 Å². The summed E-state index contributed by atoms with van der Waals surface area (Å²) >= 11 is 6.18. The van der Waals surface area contributed by atoms with Crippen molar-refractivity contribution in [2.24, 2.45) is 5.41 Å². The molecule has 1 aliphatic rings. The maximum atomic E-state index is 12.7. The second-order valence-electron chi connectivity index (χ2n) is 6.99. The summed E-state index contributed by atoms with van der Waals surface area (Å²) in [6.45, 7) is 8.64. The Kier molecular flexibility index (Phi) is 8.93. The third kappa shape index (κ3) is 6.54. The average molecular weight is 341 g/mol. The first-order valence-electron chi connectivity index (χ1n) is 8.52. The van der Waals surface area contributed by atoms with Gasteiger partial charge >= 0.3 is 0 Å². The van der Waals surface area contributed by atoms with Gasteiger partial charge in [0, 0.05) is 17.2 Å². The first-order chi connectivity index (χ1) is 10.4. The Labute approximate surface area is 146 Å². The van der Waals surface area contributed by atoms with Crippen molar-refractivity contribution >= 4 is 30.2 Å². The van der Waals surface area contributed by atoms with Crippen LogP contribution in [0.25, 0.3) is 0 Å². The van der Waals surface area contributed by atoms with Gasteiger partial charge < -0.3 is 0 Å². The molecule has 0 radical (unpaired) electrons. The number of carbonyl (C=O) groups excluding carboxylic acids is 1. The number of thiol groups is 1. The van der Waals surface area contributed by atoms with Crippen molar-refractivity contribution in [3.05, 3.63) is 23.3 Å². The summed E-state index contributed by atoms with van der Waals surface area (Å²) < 4.78 is 0. The smallest absolute Gasteiger partial charge is 0.160 e. The summed E-state index contributed by atoms with van der Waals surface area (Å²) in [5.74, 6) is 2.51. The molecule has 22 heavy (non-hydrogen) atoms. The van der Waals surface area contributed by atoms with Gasteiger partial charge in [-0.25, -0.2) is 0 Å². The molecule has 0 aliphatic heterocycles. The molecule has 0 spiro atoms. The molecule has 0 heterocycles. The zero-order chi connectivity index (χ0) is 16.6. The van der Waals surface area contributed by atoms with Crippen LogP contribution in [0.4, 0.5) is 0 Å². The number of hydrogen-bond donors (Lipinski definition) is 1. The van der Waals surface area contributed by atoms with Crippen LogP contribution in [0.5, 0.6) is 0 Å². The number of ketones is 1. The number of unbranched alkanes of at least 4 members (excludes halogenated alkanes) is 3. The van der Waals surface area contributed by atoms with Gasteiger partial charge in [0.1, 0.15) is 0 Å². The van der Waals surface area contributed by atoms with E-state index in [4.69, 9.17) is 0 Å². The third-order valence-electron chi connectivity index (χ3n) is 4.27. The highest BCUT2D eigenvalue weighted by Crippen LogP contribution is 2.38. The molecular weight excluding hydrogens is 308 g/mol. The monoisotopic (exact) mass is 340 g/mol. The first-order valence-corrected chi connectivity index (χ1v) is 10.2. The summed E-state index contributed by atoms with van der Waals surface area (Å²) in [6, 6.07) is 0. The van der Waals surface area contributed by atoms with E-state index in [-0.39, 0.29) is 5.41 Å². The zero-order valence-corrected chi connectivity index (χ0v) is 16.4. The molecule has 1 aliphatic carbocycles. The largest absolute Gasteiger partial charge is 0.294 e. The minimum Gasteiger partial charge on any atom is -0.294 e. The predicted octanol–water partition coefficient (Wildman–Crippen LogP) is 5.86. The summed E-state index contributed by atoms with van der Waals surface area (Å²) in [5.41, 5.74) is 2.20. The summed E-state index contributed by atoms with van der Waals surface area (Å²) in [7, 11) is 0. The minimum absolute atomic E-state index is 0.00678. The Balaban J connectivity index is 2.39. The minimum atomic E-state index is -0.00678. The van der Waals surface area contributed by atoms with Crippen molar-refractivity contribution in [1.82, 2.24) is 0 Å². The standard InChI is InChI=1S/C19H32OS2/c1-15-10-9-11-19(3,4)18(15)17(20)14-16(2)22-13-8-6-5-7-12-21/h9-10,16,21H,5-8,11-14H2,1-4H3. The summed E-state index contributed by atoms with van der Waals surface area (Å²) in [5, 5.41) is 0.416. The highest BCUT2D eigenvalue weighted by atomic mass is 32.2. The molecule has 0 aromatic heterocycles. The molecule has 0 aromatic rings. The van der Waals surface area contributed by atoms with Gasteiger partial charge in [-0.15, -0.1) is 0 Å². The second kappa shape index (κ2) is 9.87. The fraction of sp³-hybridized carbons (Fsp3) is 0.737. The molecule has 0 aromatic carbocycles. The van der Waals surface area contributed by atoms with Crippen LogP contribution in [0, 0.1) is 5.41 Å². The Morgan fingerprint density at radius 2 is 2.00 bits per heavy atom.